The molecule has 5 rings (SSSR count). The van der Waals surface area contributed by atoms with Gasteiger partial charge in [0.15, 0.2) is 0 Å². The molecule has 0 saturated heterocycles. The van der Waals surface area contributed by atoms with Crippen LogP contribution in [0.1, 0.15) is 61.6 Å². The van der Waals surface area contributed by atoms with Gasteiger partial charge >= 0.3 is 12.2 Å². The van der Waals surface area contributed by atoms with Crippen LogP contribution in [0.5, 0.6) is 0 Å². The highest BCUT2D eigenvalue weighted by Gasteiger charge is 2.36. The molecule has 2 heterocycles. The van der Waals surface area contributed by atoms with E-state index >= 15 is 0 Å². The lowest BCUT2D eigenvalue weighted by molar-refractivity contribution is -0.137. The number of nitrogens with one attached hydrogen (secondary N) is 4. The first kappa shape index (κ1) is 36.2. The molecule has 4 amide bonds. The number of hydrogen-bond donors (Lipinski definition) is 4. The zero-order chi connectivity index (χ0) is 35.9. The van der Waals surface area contributed by atoms with Crippen molar-refractivity contribution in [2.75, 3.05) is 11.4 Å². The standard InChI is InChI=1S/C38H42F3N5O4/c1-4-42-36(49)43-22-28-8-5-6-10-31(28)26-13-11-25(12-14-26)24-46-33-18-16-29(38(39,40)41)20-27(33)15-17-32(35(46)48)45-34(47)21-37(2,3)44-23-30-9-7-19-50-30/h5-14,16,18-20,32,44H,4,15,17,21-24H2,1-3H3,(H,45,47)(H2,42,43,49)/t32-/m1/s1. The molecule has 9 nitrogen and oxygen atoms in total. The van der Waals surface area contributed by atoms with E-state index in [0.29, 0.717) is 30.9 Å². The summed E-state index contributed by atoms with van der Waals surface area (Å²) < 4.78 is 46.4. The monoisotopic (exact) mass is 689 g/mol. The topological polar surface area (TPSA) is 116 Å². The van der Waals surface area contributed by atoms with E-state index in [1.165, 1.54) is 11.0 Å². The predicted molar refractivity (Wildman–Crippen MR) is 185 cm³/mol. The zero-order valence-corrected chi connectivity index (χ0v) is 28.3. The van der Waals surface area contributed by atoms with E-state index in [1.807, 2.05) is 75.4 Å². The SMILES string of the molecule is CCNC(=O)NCc1ccccc1-c1ccc(CN2C(=O)[C@H](NC(=O)CC(C)(C)NCc3ccco3)CCc3cc(C(F)(F)F)ccc32)cc1. The van der Waals surface area contributed by atoms with Gasteiger partial charge in [-0.3, -0.25) is 9.59 Å². The van der Waals surface area contributed by atoms with Crippen LogP contribution < -0.4 is 26.2 Å². The minimum Gasteiger partial charge on any atom is -0.468 e. The second-order valence-corrected chi connectivity index (χ2v) is 13.0. The molecule has 1 aliphatic heterocycles. The zero-order valence-electron chi connectivity index (χ0n) is 28.3. The van der Waals surface area contributed by atoms with Crippen molar-refractivity contribution in [2.24, 2.45) is 0 Å². The summed E-state index contributed by atoms with van der Waals surface area (Å²) in [5.74, 6) is -0.0364. The quantitative estimate of drug-likeness (QED) is 0.132. The van der Waals surface area contributed by atoms with Crippen LogP contribution in [0.15, 0.2) is 89.5 Å². The fourth-order valence-electron chi connectivity index (χ4n) is 6.03. The third kappa shape index (κ3) is 9.32. The second kappa shape index (κ2) is 15.6. The van der Waals surface area contributed by atoms with Gasteiger partial charge < -0.3 is 30.6 Å². The third-order valence-electron chi connectivity index (χ3n) is 8.62. The van der Waals surface area contributed by atoms with Crippen molar-refractivity contribution < 1.29 is 32.0 Å². The second-order valence-electron chi connectivity index (χ2n) is 13.0. The third-order valence-corrected chi connectivity index (χ3v) is 8.62. The van der Waals surface area contributed by atoms with Gasteiger partial charge in [-0.05, 0) is 91.8 Å². The molecule has 0 unspecified atom stereocenters. The molecule has 0 bridgehead atoms. The number of carbonyl (C=O) groups is 3. The number of hydrogen-bond acceptors (Lipinski definition) is 5. The molecule has 1 aliphatic rings. The van der Waals surface area contributed by atoms with Gasteiger partial charge in [0.25, 0.3) is 0 Å². The highest BCUT2D eigenvalue weighted by Crippen LogP contribution is 2.36. The summed E-state index contributed by atoms with van der Waals surface area (Å²) in [6.45, 7) is 6.91. The lowest BCUT2D eigenvalue weighted by Gasteiger charge is -2.29. The first-order valence-electron chi connectivity index (χ1n) is 16.6. The number of benzene rings is 3. The first-order valence-corrected chi connectivity index (χ1v) is 16.6. The Balaban J connectivity index is 1.35. The maximum absolute atomic E-state index is 14.1. The lowest BCUT2D eigenvalue weighted by Crippen LogP contribution is -2.50. The molecule has 4 N–H and O–H groups in total. The van der Waals surface area contributed by atoms with Gasteiger partial charge in [0.05, 0.1) is 24.9 Å². The molecule has 0 radical (unpaired) electrons. The summed E-state index contributed by atoms with van der Waals surface area (Å²) >= 11 is 0. The van der Waals surface area contributed by atoms with E-state index in [-0.39, 0.29) is 37.7 Å². The van der Waals surface area contributed by atoms with Crippen LogP contribution in [-0.2, 0) is 41.8 Å². The molecule has 0 fully saturated rings. The number of urea groups is 1. The Hall–Kier alpha value is -5.10. The Morgan fingerprint density at radius 1 is 0.940 bits per heavy atom. The van der Waals surface area contributed by atoms with E-state index in [4.69, 9.17) is 4.42 Å². The summed E-state index contributed by atoms with van der Waals surface area (Å²) in [6, 6.07) is 21.1. The number of amides is 4. The van der Waals surface area contributed by atoms with Gasteiger partial charge in [-0.15, -0.1) is 0 Å². The molecule has 12 heteroatoms. The molecule has 3 aromatic carbocycles. The fourth-order valence-corrected chi connectivity index (χ4v) is 6.03. The molecular formula is C38H42F3N5O4. The molecule has 0 spiro atoms. The molecule has 264 valence electrons. The van der Waals surface area contributed by atoms with Gasteiger partial charge in [0.1, 0.15) is 11.8 Å². The lowest BCUT2D eigenvalue weighted by atomic mass is 9.98. The van der Waals surface area contributed by atoms with Crippen LogP contribution in [0.4, 0.5) is 23.7 Å². The smallest absolute Gasteiger partial charge is 0.416 e. The normalized spacial score (nSPS) is 14.9. The molecular weight excluding hydrogens is 647 g/mol. The summed E-state index contributed by atoms with van der Waals surface area (Å²) in [4.78, 5) is 40.8. The molecule has 50 heavy (non-hydrogen) atoms. The Morgan fingerprint density at radius 3 is 2.40 bits per heavy atom. The van der Waals surface area contributed by atoms with Crippen LogP contribution in [0, 0.1) is 0 Å². The minimum atomic E-state index is -4.54. The van der Waals surface area contributed by atoms with Crippen LogP contribution in [0.25, 0.3) is 11.1 Å². The average molecular weight is 690 g/mol. The number of aryl methyl sites for hydroxylation is 1. The van der Waals surface area contributed by atoms with E-state index in [9.17, 15) is 27.6 Å². The summed E-state index contributed by atoms with van der Waals surface area (Å²) in [5.41, 5.74) is 2.83. The summed E-state index contributed by atoms with van der Waals surface area (Å²) in [6.07, 6.45) is -2.59. The summed E-state index contributed by atoms with van der Waals surface area (Å²) in [7, 11) is 0. The largest absolute Gasteiger partial charge is 0.468 e. The predicted octanol–water partition coefficient (Wildman–Crippen LogP) is 6.71. The van der Waals surface area contributed by atoms with Gasteiger partial charge in [0.2, 0.25) is 11.8 Å². The van der Waals surface area contributed by atoms with Gasteiger partial charge in [0, 0.05) is 30.7 Å². The average Bonchev–Trinajstić information content (AvgIpc) is 3.57. The number of anilines is 1. The summed E-state index contributed by atoms with van der Waals surface area (Å²) in [5, 5.41) is 11.7. The highest BCUT2D eigenvalue weighted by atomic mass is 19.4. The fraction of sp³-hybridized carbons (Fsp3) is 0.342. The minimum absolute atomic E-state index is 0.0599. The van der Waals surface area contributed by atoms with Crippen LogP contribution in [-0.4, -0.2) is 36.0 Å². The van der Waals surface area contributed by atoms with Crippen molar-refractivity contribution in [3.8, 4) is 11.1 Å². The Labute approximate surface area is 289 Å². The number of carbonyl (C=O) groups excluding carboxylic acids is 3. The van der Waals surface area contributed by atoms with Crippen LogP contribution >= 0.6 is 0 Å². The number of halogens is 3. The first-order chi connectivity index (χ1) is 23.8. The van der Waals surface area contributed by atoms with Crippen LogP contribution in [0.2, 0.25) is 0 Å². The van der Waals surface area contributed by atoms with Gasteiger partial charge in [-0.2, -0.15) is 13.2 Å². The van der Waals surface area contributed by atoms with Crippen molar-refractivity contribution >= 4 is 23.5 Å². The molecule has 0 saturated carbocycles. The van der Waals surface area contributed by atoms with Gasteiger partial charge in [-0.25, -0.2) is 4.79 Å². The van der Waals surface area contributed by atoms with E-state index in [0.717, 1.165) is 40.1 Å². The number of fused-ring (bicyclic) bond motifs is 1. The van der Waals surface area contributed by atoms with E-state index in [1.54, 1.807) is 12.3 Å². The number of alkyl halides is 3. The van der Waals surface area contributed by atoms with E-state index in [2.05, 4.69) is 21.3 Å². The number of nitrogens with zero attached hydrogens (tertiary/aromatic N) is 1. The van der Waals surface area contributed by atoms with Crippen molar-refractivity contribution in [3.05, 3.63) is 113 Å². The van der Waals surface area contributed by atoms with Crippen molar-refractivity contribution in [3.63, 3.8) is 0 Å². The molecule has 4 aromatic rings. The van der Waals surface area contributed by atoms with Crippen molar-refractivity contribution in [1.29, 1.82) is 0 Å². The number of rotatable bonds is 12. The van der Waals surface area contributed by atoms with Gasteiger partial charge in [-0.1, -0.05) is 48.5 Å². The highest BCUT2D eigenvalue weighted by molar-refractivity contribution is 6.00. The van der Waals surface area contributed by atoms with Crippen molar-refractivity contribution in [2.45, 2.75) is 77.4 Å². The Kier molecular flexibility index (Phi) is 11.3. The Morgan fingerprint density at radius 2 is 1.70 bits per heavy atom. The molecule has 0 aliphatic carbocycles. The maximum atomic E-state index is 14.1. The maximum Gasteiger partial charge on any atom is 0.416 e. The molecule has 1 atom stereocenters. The van der Waals surface area contributed by atoms with E-state index < -0.39 is 29.2 Å². The van der Waals surface area contributed by atoms with Crippen molar-refractivity contribution in [1.82, 2.24) is 21.3 Å². The Bertz CT molecular complexity index is 1790. The number of furan rings is 1. The van der Waals surface area contributed by atoms with Crippen LogP contribution in [0.3, 0.4) is 0 Å². The molecule has 1 aromatic heterocycles.